The zero-order valence-corrected chi connectivity index (χ0v) is 12.7. The normalized spacial score (nSPS) is 10.1. The Morgan fingerprint density at radius 3 is 1.90 bits per heavy atom. The number of para-hydroxylation sites is 1. The van der Waals surface area contributed by atoms with Gasteiger partial charge in [0.25, 0.3) is 0 Å². The molecule has 0 aliphatic heterocycles. The maximum atomic E-state index is 5.72. The topological polar surface area (TPSA) is 31.4 Å². The lowest BCUT2D eigenvalue weighted by molar-refractivity contribution is 0.456. The van der Waals surface area contributed by atoms with Crippen molar-refractivity contribution in [2.45, 2.75) is 0 Å². The second-order valence-corrected chi connectivity index (χ2v) is 5.22. The molecule has 0 spiro atoms. The van der Waals surface area contributed by atoms with Gasteiger partial charge in [0.2, 0.25) is 5.88 Å². The van der Waals surface area contributed by atoms with Crippen LogP contribution in [-0.4, -0.2) is 4.98 Å². The molecule has 1 heterocycles. The predicted molar refractivity (Wildman–Crippen MR) is 85.0 cm³/mol. The number of halogens is 1. The first kappa shape index (κ1) is 13.6. The molecule has 0 atom stereocenters. The maximum Gasteiger partial charge on any atom is 0.219 e. The Labute approximate surface area is 131 Å². The summed E-state index contributed by atoms with van der Waals surface area (Å²) >= 11 is 3.34. The Balaban J connectivity index is 1.68. The van der Waals surface area contributed by atoms with E-state index in [9.17, 15) is 0 Å². The van der Waals surface area contributed by atoms with Crippen LogP contribution < -0.4 is 9.47 Å². The standard InChI is InChI=1S/C17H12BrNO2/c18-13-6-11-17(19-12-13)21-16-9-7-15(8-10-16)20-14-4-2-1-3-5-14/h1-12H. The molecule has 21 heavy (non-hydrogen) atoms. The Bertz CT molecular complexity index is 697. The first-order chi connectivity index (χ1) is 10.3. The summed E-state index contributed by atoms with van der Waals surface area (Å²) in [6.07, 6.45) is 1.70. The molecule has 0 saturated carbocycles. The molecule has 0 radical (unpaired) electrons. The van der Waals surface area contributed by atoms with E-state index in [1.807, 2.05) is 60.7 Å². The summed E-state index contributed by atoms with van der Waals surface area (Å²) in [5.41, 5.74) is 0. The number of ether oxygens (including phenoxy) is 2. The van der Waals surface area contributed by atoms with Crippen molar-refractivity contribution in [2.75, 3.05) is 0 Å². The van der Waals surface area contributed by atoms with Crippen LogP contribution in [-0.2, 0) is 0 Å². The number of aromatic nitrogens is 1. The molecular formula is C17H12BrNO2. The summed E-state index contributed by atoms with van der Waals surface area (Å²) in [4.78, 5) is 4.16. The van der Waals surface area contributed by atoms with E-state index in [0.717, 1.165) is 16.0 Å². The predicted octanol–water partition coefficient (Wildman–Crippen LogP) is 5.43. The van der Waals surface area contributed by atoms with E-state index < -0.39 is 0 Å². The van der Waals surface area contributed by atoms with Gasteiger partial charge in [0.15, 0.2) is 0 Å². The van der Waals surface area contributed by atoms with E-state index in [4.69, 9.17) is 9.47 Å². The van der Waals surface area contributed by atoms with Gasteiger partial charge in [-0.3, -0.25) is 0 Å². The molecule has 0 bridgehead atoms. The average Bonchev–Trinajstić information content (AvgIpc) is 2.53. The van der Waals surface area contributed by atoms with Crippen molar-refractivity contribution in [3.63, 3.8) is 0 Å². The third kappa shape index (κ3) is 3.83. The van der Waals surface area contributed by atoms with Gasteiger partial charge in [0.1, 0.15) is 17.2 Å². The highest BCUT2D eigenvalue weighted by molar-refractivity contribution is 9.10. The van der Waals surface area contributed by atoms with Crippen LogP contribution >= 0.6 is 15.9 Å². The zero-order valence-electron chi connectivity index (χ0n) is 11.1. The molecule has 2 aromatic carbocycles. The van der Waals surface area contributed by atoms with Crippen molar-refractivity contribution in [1.82, 2.24) is 4.98 Å². The molecule has 0 aliphatic rings. The van der Waals surface area contributed by atoms with Crippen molar-refractivity contribution < 1.29 is 9.47 Å². The fraction of sp³-hybridized carbons (Fsp3) is 0. The largest absolute Gasteiger partial charge is 0.457 e. The summed E-state index contributed by atoms with van der Waals surface area (Å²) in [6.45, 7) is 0. The molecule has 104 valence electrons. The lowest BCUT2D eigenvalue weighted by atomic mass is 10.3. The molecule has 0 amide bonds. The molecule has 0 unspecified atom stereocenters. The monoisotopic (exact) mass is 341 g/mol. The highest BCUT2D eigenvalue weighted by Gasteiger charge is 2.00. The maximum absolute atomic E-state index is 5.72. The molecule has 4 heteroatoms. The number of nitrogens with zero attached hydrogens (tertiary/aromatic N) is 1. The van der Waals surface area contributed by atoms with Crippen LogP contribution in [0.25, 0.3) is 0 Å². The van der Waals surface area contributed by atoms with E-state index in [0.29, 0.717) is 11.6 Å². The number of rotatable bonds is 4. The minimum atomic E-state index is 0.551. The lowest BCUT2D eigenvalue weighted by Crippen LogP contribution is -1.88. The van der Waals surface area contributed by atoms with Gasteiger partial charge in [-0.2, -0.15) is 0 Å². The van der Waals surface area contributed by atoms with Gasteiger partial charge in [-0.05, 0) is 58.4 Å². The SMILES string of the molecule is Brc1ccc(Oc2ccc(Oc3ccccc3)cc2)nc1. The van der Waals surface area contributed by atoms with Gasteiger partial charge < -0.3 is 9.47 Å². The Morgan fingerprint density at radius 1 is 0.667 bits per heavy atom. The molecule has 3 aromatic rings. The molecule has 1 aromatic heterocycles. The van der Waals surface area contributed by atoms with Crippen LogP contribution in [0.2, 0.25) is 0 Å². The van der Waals surface area contributed by atoms with E-state index >= 15 is 0 Å². The van der Waals surface area contributed by atoms with Gasteiger partial charge >= 0.3 is 0 Å². The van der Waals surface area contributed by atoms with Crippen LogP contribution in [0.15, 0.2) is 77.4 Å². The Hall–Kier alpha value is -2.33. The Morgan fingerprint density at radius 2 is 1.29 bits per heavy atom. The van der Waals surface area contributed by atoms with E-state index in [1.165, 1.54) is 0 Å². The molecule has 3 rings (SSSR count). The van der Waals surface area contributed by atoms with Gasteiger partial charge in [-0.1, -0.05) is 18.2 Å². The van der Waals surface area contributed by atoms with E-state index in [2.05, 4.69) is 20.9 Å². The number of benzene rings is 2. The molecule has 0 saturated heterocycles. The highest BCUT2D eigenvalue weighted by Crippen LogP contribution is 2.26. The van der Waals surface area contributed by atoms with Gasteiger partial charge in [-0.25, -0.2) is 4.98 Å². The van der Waals surface area contributed by atoms with Crippen LogP contribution in [0.4, 0.5) is 0 Å². The van der Waals surface area contributed by atoms with Crippen molar-refractivity contribution in [2.24, 2.45) is 0 Å². The Kier molecular flexibility index (Phi) is 4.17. The summed E-state index contributed by atoms with van der Waals surface area (Å²) in [6, 6.07) is 20.8. The second-order valence-electron chi connectivity index (χ2n) is 4.30. The molecule has 3 nitrogen and oxygen atoms in total. The van der Waals surface area contributed by atoms with Crippen molar-refractivity contribution >= 4 is 15.9 Å². The number of hydrogen-bond donors (Lipinski definition) is 0. The summed E-state index contributed by atoms with van der Waals surface area (Å²) in [7, 11) is 0. The van der Waals surface area contributed by atoms with Crippen LogP contribution in [0, 0.1) is 0 Å². The number of hydrogen-bond acceptors (Lipinski definition) is 3. The van der Waals surface area contributed by atoms with Crippen LogP contribution in [0.3, 0.4) is 0 Å². The third-order valence-corrected chi connectivity index (χ3v) is 3.19. The molecule has 0 fully saturated rings. The summed E-state index contributed by atoms with van der Waals surface area (Å²) < 4.78 is 12.3. The number of pyridine rings is 1. The van der Waals surface area contributed by atoms with Gasteiger partial charge in [0, 0.05) is 16.7 Å². The summed E-state index contributed by atoms with van der Waals surface area (Å²) in [5, 5.41) is 0. The van der Waals surface area contributed by atoms with Crippen LogP contribution in [0.1, 0.15) is 0 Å². The quantitative estimate of drug-likeness (QED) is 0.634. The van der Waals surface area contributed by atoms with E-state index in [-0.39, 0.29) is 0 Å². The summed E-state index contributed by atoms with van der Waals surface area (Å²) in [5.74, 6) is 2.83. The lowest BCUT2D eigenvalue weighted by Gasteiger charge is -2.07. The fourth-order valence-corrected chi connectivity index (χ4v) is 1.98. The zero-order chi connectivity index (χ0) is 14.5. The molecule has 0 aliphatic carbocycles. The van der Waals surface area contributed by atoms with Gasteiger partial charge in [0.05, 0.1) is 0 Å². The first-order valence-electron chi connectivity index (χ1n) is 6.42. The molecule has 0 N–H and O–H groups in total. The highest BCUT2D eigenvalue weighted by atomic mass is 79.9. The first-order valence-corrected chi connectivity index (χ1v) is 7.21. The second kappa shape index (κ2) is 6.41. The minimum absolute atomic E-state index is 0.551. The fourth-order valence-electron chi connectivity index (χ4n) is 1.74. The van der Waals surface area contributed by atoms with Crippen molar-refractivity contribution in [3.8, 4) is 23.1 Å². The van der Waals surface area contributed by atoms with E-state index in [1.54, 1.807) is 12.3 Å². The molecular weight excluding hydrogens is 330 g/mol. The average molecular weight is 342 g/mol. The smallest absolute Gasteiger partial charge is 0.219 e. The minimum Gasteiger partial charge on any atom is -0.457 e. The third-order valence-electron chi connectivity index (χ3n) is 2.73. The van der Waals surface area contributed by atoms with Crippen molar-refractivity contribution in [1.29, 1.82) is 0 Å². The van der Waals surface area contributed by atoms with Crippen LogP contribution in [0.5, 0.6) is 23.1 Å². The van der Waals surface area contributed by atoms with Crippen molar-refractivity contribution in [3.05, 3.63) is 77.4 Å². The van der Waals surface area contributed by atoms with Gasteiger partial charge in [-0.15, -0.1) is 0 Å².